The second-order valence-electron chi connectivity index (χ2n) is 5.57. The molecule has 0 saturated heterocycles. The average molecular weight is 357 g/mol. The maximum absolute atomic E-state index is 13.0. The van der Waals surface area contributed by atoms with Gasteiger partial charge in [0.1, 0.15) is 5.82 Å². The van der Waals surface area contributed by atoms with Gasteiger partial charge in [0.2, 0.25) is 5.91 Å². The highest BCUT2D eigenvalue weighted by molar-refractivity contribution is 5.92. The fourth-order valence-corrected chi connectivity index (χ4v) is 2.75. The molecule has 1 unspecified atom stereocenters. The van der Waals surface area contributed by atoms with E-state index in [0.29, 0.717) is 0 Å². The number of alkyl halides is 3. The van der Waals surface area contributed by atoms with E-state index in [-0.39, 0.29) is 43.2 Å². The fraction of sp³-hybridized carbons (Fsp3) is 0.429. The molecule has 0 fully saturated rings. The summed E-state index contributed by atoms with van der Waals surface area (Å²) >= 11 is 0. The first-order valence-electron chi connectivity index (χ1n) is 7.43. The normalized spacial score (nSPS) is 17.4. The molecule has 2 aromatic heterocycles. The van der Waals surface area contributed by atoms with Crippen molar-refractivity contribution in [1.82, 2.24) is 19.6 Å². The summed E-state index contributed by atoms with van der Waals surface area (Å²) in [5, 5.41) is 16.4. The van der Waals surface area contributed by atoms with Crippen molar-refractivity contribution >= 4 is 17.7 Å². The Balaban J connectivity index is 1.69. The summed E-state index contributed by atoms with van der Waals surface area (Å²) in [5.74, 6) is -1.41. The van der Waals surface area contributed by atoms with Gasteiger partial charge in [-0.25, -0.2) is 9.48 Å². The smallest absolute Gasteiger partial charge is 0.410 e. The molecule has 1 aliphatic heterocycles. The Morgan fingerprint density at radius 1 is 1.32 bits per heavy atom. The second kappa shape index (κ2) is 6.22. The van der Waals surface area contributed by atoms with Crippen LogP contribution in [-0.4, -0.2) is 49.3 Å². The standard InChI is InChI=1S/C14H14F3N5O3/c15-14(16,17)10-2-6-21(11-1-4-18-22(10)11)12(23)3-5-20-8-9(7-19-20)13(24)25/h1,4,7-8,10H,2-3,5-6H2,(H,24,25). The molecule has 25 heavy (non-hydrogen) atoms. The van der Waals surface area contributed by atoms with E-state index in [9.17, 15) is 22.8 Å². The van der Waals surface area contributed by atoms with E-state index >= 15 is 0 Å². The van der Waals surface area contributed by atoms with Crippen LogP contribution in [0.25, 0.3) is 0 Å². The first kappa shape index (κ1) is 17.0. The number of aromatic nitrogens is 4. The molecule has 1 atom stereocenters. The highest BCUT2D eigenvalue weighted by Crippen LogP contribution is 2.38. The Labute approximate surface area is 139 Å². The predicted molar refractivity (Wildman–Crippen MR) is 78.1 cm³/mol. The second-order valence-corrected chi connectivity index (χ2v) is 5.57. The summed E-state index contributed by atoms with van der Waals surface area (Å²) in [7, 11) is 0. The number of rotatable bonds is 4. The number of anilines is 1. The van der Waals surface area contributed by atoms with Gasteiger partial charge in [0.25, 0.3) is 0 Å². The molecule has 0 radical (unpaired) electrons. The van der Waals surface area contributed by atoms with E-state index < -0.39 is 18.2 Å². The molecule has 3 rings (SSSR count). The van der Waals surface area contributed by atoms with Crippen molar-refractivity contribution in [2.24, 2.45) is 0 Å². The molecule has 0 spiro atoms. The summed E-state index contributed by atoms with van der Waals surface area (Å²) in [6, 6.07) is -0.377. The van der Waals surface area contributed by atoms with Gasteiger partial charge in [0, 0.05) is 31.8 Å². The number of amides is 1. The van der Waals surface area contributed by atoms with E-state index in [1.807, 2.05) is 0 Å². The van der Waals surface area contributed by atoms with Crippen molar-refractivity contribution in [1.29, 1.82) is 0 Å². The molecule has 0 bridgehead atoms. The number of nitrogens with zero attached hydrogens (tertiary/aromatic N) is 5. The first-order chi connectivity index (χ1) is 11.8. The number of carbonyl (C=O) groups excluding carboxylic acids is 1. The van der Waals surface area contributed by atoms with Gasteiger partial charge in [-0.1, -0.05) is 0 Å². The third kappa shape index (κ3) is 3.35. The van der Waals surface area contributed by atoms with Gasteiger partial charge in [-0.3, -0.25) is 14.4 Å². The number of hydrogen-bond donors (Lipinski definition) is 1. The zero-order chi connectivity index (χ0) is 18.2. The molecule has 1 aliphatic rings. The number of aromatic carboxylic acids is 1. The predicted octanol–water partition coefficient (Wildman–Crippen LogP) is 1.71. The Bertz CT molecular complexity index is 798. The number of hydrogen-bond acceptors (Lipinski definition) is 4. The summed E-state index contributed by atoms with van der Waals surface area (Å²) in [4.78, 5) is 24.4. The lowest BCUT2D eigenvalue weighted by atomic mass is 10.1. The van der Waals surface area contributed by atoms with Crippen LogP contribution in [-0.2, 0) is 11.3 Å². The maximum Gasteiger partial charge on any atom is 0.410 e. The van der Waals surface area contributed by atoms with Crippen molar-refractivity contribution in [3.05, 3.63) is 30.2 Å². The molecular weight excluding hydrogens is 343 g/mol. The maximum atomic E-state index is 13.0. The Hall–Kier alpha value is -2.85. The minimum Gasteiger partial charge on any atom is -0.478 e. The largest absolute Gasteiger partial charge is 0.478 e. The zero-order valence-corrected chi connectivity index (χ0v) is 12.8. The molecule has 0 saturated carbocycles. The van der Waals surface area contributed by atoms with Gasteiger partial charge in [-0.05, 0) is 6.42 Å². The van der Waals surface area contributed by atoms with Crippen molar-refractivity contribution in [2.45, 2.75) is 31.6 Å². The highest BCUT2D eigenvalue weighted by atomic mass is 19.4. The third-order valence-corrected chi connectivity index (χ3v) is 3.96. The first-order valence-corrected chi connectivity index (χ1v) is 7.43. The van der Waals surface area contributed by atoms with Gasteiger partial charge >= 0.3 is 12.1 Å². The number of halogens is 3. The van der Waals surface area contributed by atoms with Crippen molar-refractivity contribution in [2.75, 3.05) is 11.4 Å². The van der Waals surface area contributed by atoms with Crippen LogP contribution in [0, 0.1) is 0 Å². The topological polar surface area (TPSA) is 93.2 Å². The SMILES string of the molecule is O=C(O)c1cnn(CCC(=O)N2CCC(C(F)(F)F)n3nccc32)c1. The zero-order valence-electron chi connectivity index (χ0n) is 12.8. The van der Waals surface area contributed by atoms with Gasteiger partial charge in [0.15, 0.2) is 6.04 Å². The number of carbonyl (C=O) groups is 2. The Kier molecular flexibility index (Phi) is 4.23. The van der Waals surface area contributed by atoms with E-state index in [0.717, 1.165) is 10.9 Å². The lowest BCUT2D eigenvalue weighted by molar-refractivity contribution is -0.172. The Morgan fingerprint density at radius 3 is 2.72 bits per heavy atom. The molecule has 1 N–H and O–H groups in total. The quantitative estimate of drug-likeness (QED) is 0.899. The molecular formula is C14H14F3N5O3. The van der Waals surface area contributed by atoms with Crippen LogP contribution in [0.3, 0.4) is 0 Å². The van der Waals surface area contributed by atoms with Crippen molar-refractivity contribution in [3.8, 4) is 0 Å². The molecule has 1 amide bonds. The van der Waals surface area contributed by atoms with E-state index in [4.69, 9.17) is 5.11 Å². The van der Waals surface area contributed by atoms with E-state index in [2.05, 4.69) is 10.2 Å². The van der Waals surface area contributed by atoms with Gasteiger partial charge in [-0.15, -0.1) is 0 Å². The van der Waals surface area contributed by atoms with Crippen LogP contribution in [0.1, 0.15) is 29.2 Å². The minimum absolute atomic E-state index is 0.00323. The number of carboxylic acid groups (broad SMARTS) is 1. The molecule has 2 aromatic rings. The molecule has 0 aliphatic carbocycles. The third-order valence-electron chi connectivity index (χ3n) is 3.96. The van der Waals surface area contributed by atoms with Gasteiger partial charge < -0.3 is 5.11 Å². The van der Waals surface area contributed by atoms with Crippen LogP contribution >= 0.6 is 0 Å². The van der Waals surface area contributed by atoms with Crippen molar-refractivity contribution < 1.29 is 27.9 Å². The minimum atomic E-state index is -4.43. The monoisotopic (exact) mass is 357 g/mol. The molecule has 134 valence electrons. The Morgan fingerprint density at radius 2 is 2.08 bits per heavy atom. The molecule has 8 nitrogen and oxygen atoms in total. The number of carboxylic acids is 1. The van der Waals surface area contributed by atoms with Crippen molar-refractivity contribution in [3.63, 3.8) is 0 Å². The molecule has 0 aromatic carbocycles. The number of fused-ring (bicyclic) bond motifs is 1. The highest BCUT2D eigenvalue weighted by Gasteiger charge is 2.45. The van der Waals surface area contributed by atoms with Crippen LogP contribution in [0.2, 0.25) is 0 Å². The van der Waals surface area contributed by atoms with Crippen LogP contribution in [0.5, 0.6) is 0 Å². The molecule has 3 heterocycles. The van der Waals surface area contributed by atoms with Crippen LogP contribution in [0.4, 0.5) is 19.0 Å². The number of aryl methyl sites for hydroxylation is 1. The van der Waals surface area contributed by atoms with Gasteiger partial charge in [-0.2, -0.15) is 23.4 Å². The van der Waals surface area contributed by atoms with Crippen LogP contribution in [0.15, 0.2) is 24.7 Å². The lowest BCUT2D eigenvalue weighted by Crippen LogP contribution is -2.43. The van der Waals surface area contributed by atoms with Gasteiger partial charge in [0.05, 0.1) is 18.0 Å². The summed E-state index contributed by atoms with van der Waals surface area (Å²) in [6.45, 7) is 0.0631. The summed E-state index contributed by atoms with van der Waals surface area (Å²) in [6.07, 6.45) is -1.05. The molecule has 11 heteroatoms. The van der Waals surface area contributed by atoms with Crippen LogP contribution < -0.4 is 4.90 Å². The summed E-state index contributed by atoms with van der Waals surface area (Å²) in [5.41, 5.74) is -0.00323. The van der Waals surface area contributed by atoms with E-state index in [1.165, 1.54) is 28.0 Å². The summed E-state index contributed by atoms with van der Waals surface area (Å²) < 4.78 is 41.2. The fourth-order valence-electron chi connectivity index (χ4n) is 2.75. The van der Waals surface area contributed by atoms with E-state index in [1.54, 1.807) is 0 Å². The lowest BCUT2D eigenvalue weighted by Gasteiger charge is -2.33. The average Bonchev–Trinajstić information content (AvgIpc) is 3.19.